The number of fused-ring (bicyclic) bond motifs is 1. The number of ether oxygens (including phenoxy) is 2. The molecule has 4 rings (SSSR count). The van der Waals surface area contributed by atoms with Crippen molar-refractivity contribution < 1.29 is 32.5 Å². The van der Waals surface area contributed by atoms with Crippen LogP contribution in [-0.4, -0.2) is 32.7 Å². The van der Waals surface area contributed by atoms with Crippen molar-refractivity contribution in [2.45, 2.75) is 4.90 Å². The molecule has 7 nitrogen and oxygen atoms in total. The van der Waals surface area contributed by atoms with Crippen LogP contribution in [0.3, 0.4) is 0 Å². The lowest BCUT2D eigenvalue weighted by atomic mass is 10.1. The third kappa shape index (κ3) is 6.89. The molecule has 2 N–H and O–H groups in total. The number of aromatic nitrogens is 1. The Morgan fingerprint density at radius 3 is 1.88 bits per heavy atom. The molecule has 178 valence electrons. The summed E-state index contributed by atoms with van der Waals surface area (Å²) in [6.07, 6.45) is 4.25. The highest BCUT2D eigenvalue weighted by molar-refractivity contribution is 7.85. The van der Waals surface area contributed by atoms with Crippen LogP contribution in [0.4, 0.5) is 0 Å². The van der Waals surface area contributed by atoms with Crippen molar-refractivity contribution in [3.8, 4) is 11.5 Å². The van der Waals surface area contributed by atoms with Gasteiger partial charge >= 0.3 is 0 Å². The van der Waals surface area contributed by atoms with Crippen LogP contribution in [0.1, 0.15) is 11.3 Å². The minimum Gasteiger partial charge on any atom is -0.744 e. The molecule has 0 radical (unpaired) electrons. The van der Waals surface area contributed by atoms with E-state index in [0.29, 0.717) is 5.75 Å². The number of hydrogen-bond donors (Lipinski definition) is 0. The molecule has 0 bridgehead atoms. The summed E-state index contributed by atoms with van der Waals surface area (Å²) < 4.78 is 43.5. The Morgan fingerprint density at radius 2 is 1.32 bits per heavy atom. The summed E-state index contributed by atoms with van der Waals surface area (Å²) in [5.41, 5.74) is 3.56. The number of hydrogen-bond acceptors (Lipinski definition) is 5. The Hall–Kier alpha value is -3.72. The van der Waals surface area contributed by atoms with Gasteiger partial charge in [0.2, 0.25) is 11.2 Å². The minimum atomic E-state index is -4.33. The smallest absolute Gasteiger partial charge is 0.212 e. The monoisotopic (exact) mass is 481 g/mol. The molecular formula is C26H27NO6S. The van der Waals surface area contributed by atoms with Crippen LogP contribution >= 0.6 is 0 Å². The third-order valence-corrected chi connectivity index (χ3v) is 5.88. The fourth-order valence-electron chi connectivity index (χ4n) is 3.17. The average molecular weight is 482 g/mol. The molecule has 0 saturated carbocycles. The van der Waals surface area contributed by atoms with E-state index in [1.54, 1.807) is 7.11 Å². The van der Waals surface area contributed by atoms with Crippen LogP contribution in [-0.2, 0) is 17.2 Å². The Labute approximate surface area is 199 Å². The lowest BCUT2D eigenvalue weighted by molar-refractivity contribution is -0.646. The van der Waals surface area contributed by atoms with Gasteiger partial charge in [-0.05, 0) is 60.2 Å². The maximum atomic E-state index is 10.4. The van der Waals surface area contributed by atoms with Crippen molar-refractivity contribution in [1.82, 2.24) is 0 Å². The van der Waals surface area contributed by atoms with E-state index in [2.05, 4.69) is 72.3 Å². The van der Waals surface area contributed by atoms with Crippen LogP contribution in [0, 0.1) is 0 Å². The van der Waals surface area contributed by atoms with E-state index in [-0.39, 0.29) is 10.4 Å². The van der Waals surface area contributed by atoms with Crippen molar-refractivity contribution in [2.75, 3.05) is 14.2 Å². The predicted molar refractivity (Wildman–Crippen MR) is 132 cm³/mol. The SMILES string of the molecule is COc1ccc(/C=C/c2ccc3ccccc3[n+]2C)cc1.COc1ccc(S(=O)(=O)[O-])cc1.O. The first-order valence-corrected chi connectivity index (χ1v) is 11.5. The standard InChI is InChI=1S/C19H18NO.C7H8O4S.H2O/c1-20-17(12-10-16-5-3-4-6-19(16)20)11-7-15-8-13-18(21-2)14-9-15;1-11-6-2-4-7(5-3-6)12(8,9)10;/h3-14H,1-2H3;2-5H,1H3,(H,8,9,10);1H2/q+1;;/p-1/b11-7+;;. The molecule has 1 heterocycles. The molecule has 0 aliphatic carbocycles. The predicted octanol–water partition coefficient (Wildman–Crippen LogP) is 3.62. The molecule has 0 aliphatic heterocycles. The summed E-state index contributed by atoms with van der Waals surface area (Å²) in [6, 6.07) is 26.0. The van der Waals surface area contributed by atoms with Crippen LogP contribution in [0.15, 0.2) is 89.8 Å². The van der Waals surface area contributed by atoms with Crippen molar-refractivity contribution in [2.24, 2.45) is 7.05 Å². The lowest BCUT2D eigenvalue weighted by Crippen LogP contribution is -2.32. The van der Waals surface area contributed by atoms with Gasteiger partial charge in [0.1, 0.15) is 28.7 Å². The van der Waals surface area contributed by atoms with Crippen LogP contribution in [0.2, 0.25) is 0 Å². The quantitative estimate of drug-likeness (QED) is 0.319. The fraction of sp³-hybridized carbons (Fsp3) is 0.115. The van der Waals surface area contributed by atoms with Gasteiger partial charge in [-0.1, -0.05) is 24.3 Å². The zero-order valence-electron chi connectivity index (χ0n) is 19.1. The van der Waals surface area contributed by atoms with E-state index < -0.39 is 10.1 Å². The summed E-state index contributed by atoms with van der Waals surface area (Å²) in [7, 11) is 0.899. The van der Waals surface area contributed by atoms with E-state index in [1.165, 1.54) is 48.0 Å². The third-order valence-electron chi connectivity index (χ3n) is 5.03. The normalized spacial score (nSPS) is 10.8. The Kier molecular flexibility index (Phi) is 9.32. The van der Waals surface area contributed by atoms with Gasteiger partial charge in [0.05, 0.1) is 19.1 Å². The van der Waals surface area contributed by atoms with Gasteiger partial charge in [-0.2, -0.15) is 4.57 Å². The zero-order chi connectivity index (χ0) is 23.8. The maximum absolute atomic E-state index is 10.4. The number of methoxy groups -OCH3 is 2. The molecule has 0 amide bonds. The van der Waals surface area contributed by atoms with Gasteiger partial charge < -0.3 is 19.5 Å². The zero-order valence-corrected chi connectivity index (χ0v) is 20.0. The molecule has 34 heavy (non-hydrogen) atoms. The highest BCUT2D eigenvalue weighted by atomic mass is 32.2. The number of pyridine rings is 1. The van der Waals surface area contributed by atoms with Crippen LogP contribution < -0.4 is 14.0 Å². The number of para-hydroxylation sites is 1. The Balaban J connectivity index is 0.000000270. The van der Waals surface area contributed by atoms with Crippen molar-refractivity contribution >= 4 is 33.2 Å². The second-order valence-electron chi connectivity index (χ2n) is 7.11. The first-order valence-electron chi connectivity index (χ1n) is 10.1. The summed E-state index contributed by atoms with van der Waals surface area (Å²) in [5, 5.41) is 1.25. The first kappa shape index (κ1) is 26.5. The second-order valence-corrected chi connectivity index (χ2v) is 8.49. The van der Waals surface area contributed by atoms with Crippen molar-refractivity contribution in [1.29, 1.82) is 0 Å². The van der Waals surface area contributed by atoms with Gasteiger partial charge in [-0.3, -0.25) is 0 Å². The van der Waals surface area contributed by atoms with Gasteiger partial charge in [-0.25, -0.2) is 8.42 Å². The number of rotatable bonds is 5. The second kappa shape index (κ2) is 11.9. The van der Waals surface area contributed by atoms with Gasteiger partial charge in [-0.15, -0.1) is 0 Å². The first-order chi connectivity index (χ1) is 15.8. The molecule has 0 fully saturated rings. The maximum Gasteiger partial charge on any atom is 0.212 e. The van der Waals surface area contributed by atoms with Gasteiger partial charge in [0.15, 0.2) is 0 Å². The molecular weight excluding hydrogens is 454 g/mol. The van der Waals surface area contributed by atoms with Crippen molar-refractivity contribution in [3.05, 3.63) is 96.2 Å². The van der Waals surface area contributed by atoms with E-state index >= 15 is 0 Å². The summed E-state index contributed by atoms with van der Waals surface area (Å²) in [6.45, 7) is 0. The molecule has 0 saturated heterocycles. The Bertz CT molecular complexity index is 1350. The largest absolute Gasteiger partial charge is 0.744 e. The molecule has 0 unspecified atom stereocenters. The molecule has 4 aromatic rings. The van der Waals surface area contributed by atoms with Crippen LogP contribution in [0.5, 0.6) is 11.5 Å². The summed E-state index contributed by atoms with van der Waals surface area (Å²) in [5.74, 6) is 1.39. The minimum absolute atomic E-state index is 0. The van der Waals surface area contributed by atoms with Crippen LogP contribution in [0.25, 0.3) is 23.1 Å². The molecule has 3 aromatic carbocycles. The molecule has 8 heteroatoms. The molecule has 0 spiro atoms. The molecule has 0 aliphatic rings. The molecule has 1 aromatic heterocycles. The number of aryl methyl sites for hydroxylation is 1. The fourth-order valence-corrected chi connectivity index (χ4v) is 3.64. The summed E-state index contributed by atoms with van der Waals surface area (Å²) >= 11 is 0. The van der Waals surface area contributed by atoms with E-state index in [1.807, 2.05) is 12.1 Å². The highest BCUT2D eigenvalue weighted by Gasteiger charge is 2.08. The van der Waals surface area contributed by atoms with E-state index in [4.69, 9.17) is 9.47 Å². The Morgan fingerprint density at radius 1 is 0.765 bits per heavy atom. The number of nitrogens with zero attached hydrogens (tertiary/aromatic N) is 1. The van der Waals surface area contributed by atoms with Crippen molar-refractivity contribution in [3.63, 3.8) is 0 Å². The number of benzene rings is 3. The van der Waals surface area contributed by atoms with E-state index in [0.717, 1.165) is 11.3 Å². The molecule has 0 atom stereocenters. The average Bonchev–Trinajstić information content (AvgIpc) is 2.84. The van der Waals surface area contributed by atoms with Gasteiger partial charge in [0, 0.05) is 23.6 Å². The van der Waals surface area contributed by atoms with E-state index in [9.17, 15) is 13.0 Å². The lowest BCUT2D eigenvalue weighted by Gasteiger charge is -2.06. The highest BCUT2D eigenvalue weighted by Crippen LogP contribution is 2.16. The topological polar surface area (TPSA) is 111 Å². The summed E-state index contributed by atoms with van der Waals surface area (Å²) in [4.78, 5) is -0.247. The van der Waals surface area contributed by atoms with Gasteiger partial charge in [0.25, 0.3) is 0 Å².